The summed E-state index contributed by atoms with van der Waals surface area (Å²) in [6.07, 6.45) is 20.8. The monoisotopic (exact) mass is 555 g/mol. The van der Waals surface area contributed by atoms with Crippen LogP contribution in [0.4, 0.5) is 0 Å². The van der Waals surface area contributed by atoms with Gasteiger partial charge in [-0.2, -0.15) is 0 Å². The first-order chi connectivity index (χ1) is 21.2. The summed E-state index contributed by atoms with van der Waals surface area (Å²) in [4.78, 5) is 13.3. The van der Waals surface area contributed by atoms with Crippen LogP contribution in [0.15, 0.2) is 152 Å². The van der Waals surface area contributed by atoms with Crippen LogP contribution < -0.4 is 0 Å². The maximum absolute atomic E-state index is 4.55. The standard InChI is InChI=1S/C40H33N3/c1-3-5-10-29(4-2)35-20-36(22-38(21-35)32-13-7-16-41-26-32)30-11-6-12-31(19-30)37-23-39(33-14-8-17-42-27-33)25-40(24-37)34-15-9-18-43-28-34/h3-8,10-17,19-28H,2,9,18H2,1H3/b5-3-,29-10+. The number of pyridine rings is 2. The number of nitrogens with zero attached hydrogens (tertiary/aromatic N) is 3. The van der Waals surface area contributed by atoms with Crippen molar-refractivity contribution in [3.05, 3.63) is 158 Å². The van der Waals surface area contributed by atoms with Crippen molar-refractivity contribution in [1.29, 1.82) is 0 Å². The minimum Gasteiger partial charge on any atom is -0.292 e. The minimum absolute atomic E-state index is 0.846. The Morgan fingerprint density at radius 1 is 0.674 bits per heavy atom. The Balaban J connectivity index is 1.49. The second-order valence-electron chi connectivity index (χ2n) is 10.5. The van der Waals surface area contributed by atoms with Crippen molar-refractivity contribution in [2.45, 2.75) is 13.3 Å². The van der Waals surface area contributed by atoms with E-state index >= 15 is 0 Å². The SMILES string of the molecule is C=C/C(=C\C=C/C)c1cc(-c2cccnc2)cc(-c2cccc(-c3cc(C4=CCCN=C4)cc(-c4cccnc4)c3)c2)c1. The normalized spacial score (nSPS) is 13.2. The summed E-state index contributed by atoms with van der Waals surface area (Å²) in [5.74, 6) is 0. The molecule has 208 valence electrons. The summed E-state index contributed by atoms with van der Waals surface area (Å²) in [6.45, 7) is 6.96. The Morgan fingerprint density at radius 3 is 1.79 bits per heavy atom. The van der Waals surface area contributed by atoms with E-state index in [1.54, 1.807) is 0 Å². The number of hydrogen-bond acceptors (Lipinski definition) is 3. The number of rotatable bonds is 8. The molecule has 0 bridgehead atoms. The van der Waals surface area contributed by atoms with Gasteiger partial charge in [-0.25, -0.2) is 0 Å². The lowest BCUT2D eigenvalue weighted by Crippen LogP contribution is -1.96. The summed E-state index contributed by atoms with van der Waals surface area (Å²) in [5, 5.41) is 0. The van der Waals surface area contributed by atoms with E-state index in [4.69, 9.17) is 0 Å². The average molecular weight is 556 g/mol. The number of aromatic nitrogens is 2. The highest BCUT2D eigenvalue weighted by Crippen LogP contribution is 2.35. The molecule has 3 nitrogen and oxygen atoms in total. The Morgan fingerprint density at radius 2 is 1.23 bits per heavy atom. The van der Waals surface area contributed by atoms with Crippen molar-refractivity contribution in [3.8, 4) is 44.5 Å². The topological polar surface area (TPSA) is 38.1 Å². The summed E-state index contributed by atoms with van der Waals surface area (Å²) in [7, 11) is 0. The molecule has 0 spiro atoms. The van der Waals surface area contributed by atoms with Gasteiger partial charge in [0, 0.05) is 48.7 Å². The first kappa shape index (κ1) is 27.7. The van der Waals surface area contributed by atoms with Crippen LogP contribution in [-0.4, -0.2) is 22.7 Å². The van der Waals surface area contributed by atoms with Gasteiger partial charge in [-0.05, 0) is 124 Å². The minimum atomic E-state index is 0.846. The molecule has 0 unspecified atom stereocenters. The first-order valence-electron chi connectivity index (χ1n) is 14.6. The van der Waals surface area contributed by atoms with Crippen molar-refractivity contribution in [1.82, 2.24) is 9.97 Å². The molecule has 3 heterocycles. The van der Waals surface area contributed by atoms with Crippen molar-refractivity contribution in [2.24, 2.45) is 4.99 Å². The zero-order valence-corrected chi connectivity index (χ0v) is 24.3. The zero-order chi connectivity index (χ0) is 29.4. The van der Waals surface area contributed by atoms with Gasteiger partial charge in [-0.1, -0.05) is 67.3 Å². The molecule has 0 atom stereocenters. The molecule has 3 aromatic carbocycles. The molecule has 0 N–H and O–H groups in total. The number of allylic oxidation sites excluding steroid dienone is 6. The average Bonchev–Trinajstić information content (AvgIpc) is 3.09. The predicted octanol–water partition coefficient (Wildman–Crippen LogP) is 10.1. The summed E-state index contributed by atoms with van der Waals surface area (Å²) in [6, 6.07) is 30.4. The van der Waals surface area contributed by atoms with Gasteiger partial charge in [0.2, 0.25) is 0 Å². The van der Waals surface area contributed by atoms with Gasteiger partial charge >= 0.3 is 0 Å². The Kier molecular flexibility index (Phi) is 8.42. The highest BCUT2D eigenvalue weighted by molar-refractivity contribution is 6.11. The second-order valence-corrected chi connectivity index (χ2v) is 10.5. The highest BCUT2D eigenvalue weighted by atomic mass is 14.7. The van der Waals surface area contributed by atoms with E-state index in [2.05, 4.69) is 106 Å². The summed E-state index contributed by atoms with van der Waals surface area (Å²) >= 11 is 0. The van der Waals surface area contributed by atoms with Crippen LogP contribution in [-0.2, 0) is 0 Å². The van der Waals surface area contributed by atoms with Gasteiger partial charge in [0.25, 0.3) is 0 Å². The smallest absolute Gasteiger partial charge is 0.0424 e. The van der Waals surface area contributed by atoms with Crippen LogP contribution in [0.5, 0.6) is 0 Å². The van der Waals surface area contributed by atoms with Gasteiger partial charge < -0.3 is 0 Å². The van der Waals surface area contributed by atoms with Gasteiger partial charge in [-0.3, -0.25) is 15.0 Å². The number of hydrogen-bond donors (Lipinski definition) is 0. The molecule has 43 heavy (non-hydrogen) atoms. The Bertz CT molecular complexity index is 1880. The maximum Gasteiger partial charge on any atom is 0.0424 e. The molecular formula is C40H33N3. The number of aliphatic imine (C=N–C) groups is 1. The summed E-state index contributed by atoms with van der Waals surface area (Å²) in [5.41, 5.74) is 13.5. The van der Waals surface area contributed by atoms with E-state index < -0.39 is 0 Å². The maximum atomic E-state index is 4.55. The van der Waals surface area contributed by atoms with Gasteiger partial charge in [0.15, 0.2) is 0 Å². The molecule has 0 amide bonds. The molecule has 5 aromatic rings. The van der Waals surface area contributed by atoms with E-state index in [0.29, 0.717) is 0 Å². The van der Waals surface area contributed by atoms with Crippen LogP contribution in [0.3, 0.4) is 0 Å². The fourth-order valence-corrected chi connectivity index (χ4v) is 5.39. The lowest BCUT2D eigenvalue weighted by atomic mass is 9.90. The molecule has 0 saturated carbocycles. The van der Waals surface area contributed by atoms with Crippen LogP contribution in [0.2, 0.25) is 0 Å². The van der Waals surface area contributed by atoms with Crippen molar-refractivity contribution in [2.75, 3.05) is 6.54 Å². The van der Waals surface area contributed by atoms with Crippen molar-refractivity contribution < 1.29 is 0 Å². The molecule has 1 aliphatic rings. The first-order valence-corrected chi connectivity index (χ1v) is 14.6. The van der Waals surface area contributed by atoms with Crippen molar-refractivity contribution in [3.63, 3.8) is 0 Å². The van der Waals surface area contributed by atoms with Gasteiger partial charge in [0.1, 0.15) is 0 Å². The predicted molar refractivity (Wildman–Crippen MR) is 183 cm³/mol. The van der Waals surface area contributed by atoms with Crippen LogP contribution in [0, 0.1) is 0 Å². The third-order valence-electron chi connectivity index (χ3n) is 7.59. The molecular weight excluding hydrogens is 522 g/mol. The molecule has 1 aliphatic heterocycles. The Labute approximate surface area is 254 Å². The molecule has 3 heteroatoms. The number of dihydropyridines is 1. The Hall–Kier alpha value is -5.41. The van der Waals surface area contributed by atoms with E-state index in [1.165, 1.54) is 0 Å². The number of benzene rings is 3. The van der Waals surface area contributed by atoms with Crippen LogP contribution in [0.25, 0.3) is 55.7 Å². The van der Waals surface area contributed by atoms with Gasteiger partial charge in [-0.15, -0.1) is 0 Å². The van der Waals surface area contributed by atoms with E-state index in [9.17, 15) is 0 Å². The third kappa shape index (κ3) is 6.42. The fraction of sp³-hybridized carbons (Fsp3) is 0.0750. The fourth-order valence-electron chi connectivity index (χ4n) is 5.39. The third-order valence-corrected chi connectivity index (χ3v) is 7.59. The molecule has 0 radical (unpaired) electrons. The summed E-state index contributed by atoms with van der Waals surface area (Å²) < 4.78 is 0. The van der Waals surface area contributed by atoms with Crippen LogP contribution >= 0.6 is 0 Å². The largest absolute Gasteiger partial charge is 0.292 e. The van der Waals surface area contributed by atoms with Crippen molar-refractivity contribution >= 4 is 17.4 Å². The van der Waals surface area contributed by atoms with Crippen LogP contribution in [0.1, 0.15) is 24.5 Å². The lowest BCUT2D eigenvalue weighted by Gasteiger charge is -2.15. The lowest BCUT2D eigenvalue weighted by molar-refractivity contribution is 1.01. The molecule has 0 saturated heterocycles. The van der Waals surface area contributed by atoms with E-state index in [-0.39, 0.29) is 0 Å². The zero-order valence-electron chi connectivity index (χ0n) is 24.3. The van der Waals surface area contributed by atoms with E-state index in [1.807, 2.05) is 68.3 Å². The molecule has 0 aliphatic carbocycles. The second kappa shape index (κ2) is 13.1. The molecule has 0 fully saturated rings. The van der Waals surface area contributed by atoms with E-state index in [0.717, 1.165) is 79.7 Å². The van der Waals surface area contributed by atoms with Gasteiger partial charge in [0.05, 0.1) is 0 Å². The quantitative estimate of drug-likeness (QED) is 0.179. The molecule has 6 rings (SSSR count). The highest BCUT2D eigenvalue weighted by Gasteiger charge is 2.12. The molecule has 2 aromatic heterocycles.